The van der Waals surface area contributed by atoms with E-state index in [0.717, 1.165) is 4.47 Å². The minimum atomic E-state index is -0.580. The van der Waals surface area contributed by atoms with Gasteiger partial charge in [-0.1, -0.05) is 15.9 Å². The highest BCUT2D eigenvalue weighted by Gasteiger charge is 2.21. The van der Waals surface area contributed by atoms with Gasteiger partial charge in [0.05, 0.1) is 12.7 Å². The molecule has 86 valence electrons. The monoisotopic (exact) mass is 285 g/mol. The molecule has 0 aliphatic heterocycles. The molecule has 1 rings (SSSR count). The van der Waals surface area contributed by atoms with Crippen LogP contribution < -0.4 is 4.74 Å². The van der Waals surface area contributed by atoms with Crippen molar-refractivity contribution in [1.29, 1.82) is 0 Å². The number of benzene rings is 1. The van der Waals surface area contributed by atoms with E-state index in [1.54, 1.807) is 18.2 Å². The van der Waals surface area contributed by atoms with Crippen molar-refractivity contribution in [2.75, 3.05) is 21.2 Å². The lowest BCUT2D eigenvalue weighted by atomic mass is 10.1. The van der Waals surface area contributed by atoms with Crippen LogP contribution in [0.5, 0.6) is 5.75 Å². The maximum Gasteiger partial charge on any atom is 0.294 e. The van der Waals surface area contributed by atoms with Crippen LogP contribution in [0.15, 0.2) is 22.7 Å². The van der Waals surface area contributed by atoms with Crippen molar-refractivity contribution in [2.24, 2.45) is 0 Å². The summed E-state index contributed by atoms with van der Waals surface area (Å²) in [5.74, 6) is -0.761. The van der Waals surface area contributed by atoms with Crippen molar-refractivity contribution < 1.29 is 14.3 Å². The molecule has 4 nitrogen and oxygen atoms in total. The Kier molecular flexibility index (Phi) is 4.06. The smallest absolute Gasteiger partial charge is 0.294 e. The number of ketones is 1. The van der Waals surface area contributed by atoms with Gasteiger partial charge in [-0.05, 0) is 18.2 Å². The molecule has 0 atom stereocenters. The Morgan fingerprint density at radius 3 is 2.44 bits per heavy atom. The van der Waals surface area contributed by atoms with E-state index in [0.29, 0.717) is 5.75 Å². The van der Waals surface area contributed by atoms with Crippen molar-refractivity contribution >= 4 is 27.6 Å². The molecule has 0 bridgehead atoms. The molecule has 0 aromatic heterocycles. The maximum atomic E-state index is 11.8. The molecule has 0 spiro atoms. The Balaban J connectivity index is 3.16. The molecule has 0 unspecified atom stereocenters. The quantitative estimate of drug-likeness (QED) is 0.628. The van der Waals surface area contributed by atoms with Gasteiger partial charge in [0, 0.05) is 18.6 Å². The number of rotatable bonds is 3. The number of carbonyl (C=O) groups is 2. The summed E-state index contributed by atoms with van der Waals surface area (Å²) in [7, 11) is 4.52. The first-order valence-electron chi connectivity index (χ1n) is 4.57. The van der Waals surface area contributed by atoms with Crippen LogP contribution in [0.2, 0.25) is 0 Å². The molecular weight excluding hydrogens is 274 g/mol. The predicted molar refractivity (Wildman–Crippen MR) is 63.7 cm³/mol. The summed E-state index contributed by atoms with van der Waals surface area (Å²) in [4.78, 5) is 24.6. The van der Waals surface area contributed by atoms with Gasteiger partial charge in [0.1, 0.15) is 5.75 Å². The fourth-order valence-corrected chi connectivity index (χ4v) is 1.54. The van der Waals surface area contributed by atoms with E-state index < -0.39 is 11.7 Å². The summed E-state index contributed by atoms with van der Waals surface area (Å²) in [6.07, 6.45) is 0. The van der Waals surface area contributed by atoms with Crippen molar-refractivity contribution in [3.05, 3.63) is 28.2 Å². The summed E-state index contributed by atoms with van der Waals surface area (Å²) in [6.45, 7) is 0. The number of halogens is 1. The third kappa shape index (κ3) is 2.61. The molecule has 1 aromatic carbocycles. The van der Waals surface area contributed by atoms with E-state index in [-0.39, 0.29) is 5.56 Å². The molecule has 0 N–H and O–H groups in total. The summed E-state index contributed by atoms with van der Waals surface area (Å²) in [5.41, 5.74) is 0.260. The third-order valence-electron chi connectivity index (χ3n) is 2.01. The first-order valence-corrected chi connectivity index (χ1v) is 5.36. The number of hydrogen-bond donors (Lipinski definition) is 0. The molecule has 0 aliphatic rings. The van der Waals surface area contributed by atoms with Gasteiger partial charge in [0.2, 0.25) is 0 Å². The lowest BCUT2D eigenvalue weighted by molar-refractivity contribution is -0.124. The van der Waals surface area contributed by atoms with Crippen molar-refractivity contribution in [1.82, 2.24) is 4.90 Å². The van der Waals surface area contributed by atoms with Gasteiger partial charge in [-0.2, -0.15) is 0 Å². The van der Waals surface area contributed by atoms with E-state index >= 15 is 0 Å². The highest BCUT2D eigenvalue weighted by molar-refractivity contribution is 9.10. The second-order valence-electron chi connectivity index (χ2n) is 3.37. The number of Topliss-reactive ketones (excluding diaryl/α,β-unsaturated/α-hetero) is 1. The van der Waals surface area contributed by atoms with Crippen LogP contribution >= 0.6 is 15.9 Å². The van der Waals surface area contributed by atoms with Gasteiger partial charge in [-0.15, -0.1) is 0 Å². The van der Waals surface area contributed by atoms with E-state index in [1.165, 1.54) is 26.1 Å². The number of amides is 1. The molecule has 16 heavy (non-hydrogen) atoms. The van der Waals surface area contributed by atoms with Crippen LogP contribution in [0.1, 0.15) is 10.4 Å². The molecule has 0 heterocycles. The summed E-state index contributed by atoms with van der Waals surface area (Å²) in [5, 5.41) is 0. The normalized spacial score (nSPS) is 9.75. The molecule has 0 radical (unpaired) electrons. The number of ether oxygens (including phenoxy) is 1. The second kappa shape index (κ2) is 5.12. The zero-order valence-electron chi connectivity index (χ0n) is 9.28. The van der Waals surface area contributed by atoms with E-state index in [4.69, 9.17) is 4.74 Å². The first-order chi connectivity index (χ1) is 7.47. The molecule has 0 saturated heterocycles. The SMILES string of the molecule is COc1ccc(Br)cc1C(=O)C(=O)N(C)C. The Bertz CT molecular complexity index is 429. The van der Waals surface area contributed by atoms with Gasteiger partial charge >= 0.3 is 0 Å². The number of likely N-dealkylation sites (N-methyl/N-ethyl adjacent to an activating group) is 1. The van der Waals surface area contributed by atoms with E-state index in [1.807, 2.05) is 0 Å². The van der Waals surface area contributed by atoms with Gasteiger partial charge in [0.15, 0.2) is 0 Å². The summed E-state index contributed by atoms with van der Waals surface area (Å²) in [6, 6.07) is 4.96. The number of hydrogen-bond acceptors (Lipinski definition) is 3. The fourth-order valence-electron chi connectivity index (χ4n) is 1.18. The van der Waals surface area contributed by atoms with Crippen molar-refractivity contribution in [3.63, 3.8) is 0 Å². The van der Waals surface area contributed by atoms with Crippen LogP contribution in [-0.4, -0.2) is 37.8 Å². The minimum Gasteiger partial charge on any atom is -0.496 e. The minimum absolute atomic E-state index is 0.260. The average molecular weight is 286 g/mol. The fraction of sp³-hybridized carbons (Fsp3) is 0.273. The first kappa shape index (κ1) is 12.7. The Morgan fingerprint density at radius 2 is 1.94 bits per heavy atom. The lowest BCUT2D eigenvalue weighted by Gasteiger charge is -2.11. The molecule has 5 heteroatoms. The molecule has 0 fully saturated rings. The van der Waals surface area contributed by atoms with Crippen LogP contribution in [-0.2, 0) is 4.79 Å². The summed E-state index contributed by atoms with van der Waals surface area (Å²) >= 11 is 3.25. The molecule has 0 saturated carbocycles. The van der Waals surface area contributed by atoms with Crippen molar-refractivity contribution in [2.45, 2.75) is 0 Å². The van der Waals surface area contributed by atoms with Gasteiger partial charge in [0.25, 0.3) is 11.7 Å². The summed E-state index contributed by atoms with van der Waals surface area (Å²) < 4.78 is 5.76. The average Bonchev–Trinajstić information content (AvgIpc) is 2.26. The zero-order valence-corrected chi connectivity index (χ0v) is 10.9. The largest absolute Gasteiger partial charge is 0.496 e. The third-order valence-corrected chi connectivity index (χ3v) is 2.50. The molecule has 0 aliphatic carbocycles. The zero-order chi connectivity index (χ0) is 12.3. The molecule has 1 amide bonds. The highest BCUT2D eigenvalue weighted by atomic mass is 79.9. The lowest BCUT2D eigenvalue weighted by Crippen LogP contribution is -2.30. The maximum absolute atomic E-state index is 11.8. The highest BCUT2D eigenvalue weighted by Crippen LogP contribution is 2.23. The van der Waals surface area contributed by atoms with Crippen LogP contribution in [0.25, 0.3) is 0 Å². The van der Waals surface area contributed by atoms with Crippen LogP contribution in [0.4, 0.5) is 0 Å². The van der Waals surface area contributed by atoms with Crippen LogP contribution in [0, 0.1) is 0 Å². The van der Waals surface area contributed by atoms with Gasteiger partial charge in [-0.3, -0.25) is 9.59 Å². The number of carbonyl (C=O) groups excluding carboxylic acids is 2. The molecular formula is C11H12BrNO3. The van der Waals surface area contributed by atoms with E-state index in [2.05, 4.69) is 15.9 Å². The van der Waals surface area contributed by atoms with Gasteiger partial charge in [-0.25, -0.2) is 0 Å². The topological polar surface area (TPSA) is 46.6 Å². The van der Waals surface area contributed by atoms with Crippen LogP contribution in [0.3, 0.4) is 0 Å². The predicted octanol–water partition coefficient (Wildman–Crippen LogP) is 1.73. The Hall–Kier alpha value is -1.36. The van der Waals surface area contributed by atoms with Crippen molar-refractivity contribution in [3.8, 4) is 5.75 Å². The number of methoxy groups -OCH3 is 1. The second-order valence-corrected chi connectivity index (χ2v) is 4.29. The molecule has 1 aromatic rings. The van der Waals surface area contributed by atoms with E-state index in [9.17, 15) is 9.59 Å². The standard InChI is InChI=1S/C11H12BrNO3/c1-13(2)11(15)10(14)8-6-7(12)4-5-9(8)16-3/h4-6H,1-3H3. The Morgan fingerprint density at radius 1 is 1.31 bits per heavy atom. The Labute approximate surface area is 102 Å². The number of nitrogens with zero attached hydrogens (tertiary/aromatic N) is 1. The van der Waals surface area contributed by atoms with Gasteiger partial charge < -0.3 is 9.64 Å².